The van der Waals surface area contributed by atoms with E-state index in [1.54, 1.807) is 0 Å². The minimum Gasteiger partial charge on any atom is -0.388 e. The van der Waals surface area contributed by atoms with Crippen LogP contribution in [0.15, 0.2) is 0 Å². The van der Waals surface area contributed by atoms with E-state index in [-0.39, 0.29) is 11.5 Å². The number of nitrogens with two attached hydrogens (primary N) is 1. The summed E-state index contributed by atoms with van der Waals surface area (Å²) in [4.78, 5) is 0. The summed E-state index contributed by atoms with van der Waals surface area (Å²) in [6.45, 7) is 2.24. The van der Waals surface area contributed by atoms with Crippen LogP contribution in [0.2, 0.25) is 0 Å². The fourth-order valence-electron chi connectivity index (χ4n) is 4.01. The van der Waals surface area contributed by atoms with Crippen LogP contribution in [-0.2, 0) is 4.74 Å². The molecule has 3 heterocycles. The third-order valence-electron chi connectivity index (χ3n) is 4.97. The van der Waals surface area contributed by atoms with Crippen molar-refractivity contribution in [1.29, 1.82) is 0 Å². The maximum atomic E-state index is 10.9. The number of ether oxygens (including phenoxy) is 1. The SMILES string of the molecule is NCC1(C2(O)CCCNC2)CC2CCC1O2. The molecule has 0 radical (unpaired) electrons. The van der Waals surface area contributed by atoms with Gasteiger partial charge in [-0.3, -0.25) is 0 Å². The second-order valence-electron chi connectivity index (χ2n) is 5.70. The Morgan fingerprint density at radius 3 is 2.81 bits per heavy atom. The third-order valence-corrected chi connectivity index (χ3v) is 4.97. The largest absolute Gasteiger partial charge is 0.388 e. The van der Waals surface area contributed by atoms with E-state index in [4.69, 9.17) is 10.5 Å². The van der Waals surface area contributed by atoms with E-state index in [1.807, 2.05) is 0 Å². The Bertz CT molecular complexity index is 278. The second kappa shape index (κ2) is 3.67. The Balaban J connectivity index is 1.89. The van der Waals surface area contributed by atoms with Gasteiger partial charge in [-0.2, -0.15) is 0 Å². The highest BCUT2D eigenvalue weighted by molar-refractivity contribution is 5.13. The molecule has 3 aliphatic heterocycles. The molecule has 0 amide bonds. The zero-order chi connectivity index (χ0) is 11.2. The van der Waals surface area contributed by atoms with Gasteiger partial charge in [0.1, 0.15) is 0 Å². The molecule has 4 N–H and O–H groups in total. The molecule has 4 unspecified atom stereocenters. The summed E-state index contributed by atoms with van der Waals surface area (Å²) in [5.74, 6) is 0. The zero-order valence-corrected chi connectivity index (χ0v) is 9.74. The van der Waals surface area contributed by atoms with Gasteiger partial charge in [0.2, 0.25) is 0 Å². The van der Waals surface area contributed by atoms with E-state index < -0.39 is 5.60 Å². The van der Waals surface area contributed by atoms with Crippen molar-refractivity contribution in [1.82, 2.24) is 5.32 Å². The van der Waals surface area contributed by atoms with Gasteiger partial charge in [-0.05, 0) is 38.6 Å². The molecule has 2 bridgehead atoms. The van der Waals surface area contributed by atoms with E-state index >= 15 is 0 Å². The molecule has 3 aliphatic rings. The summed E-state index contributed by atoms with van der Waals surface area (Å²) in [7, 11) is 0. The average Bonchev–Trinajstić information content (AvgIpc) is 2.90. The molecule has 0 saturated carbocycles. The van der Waals surface area contributed by atoms with Gasteiger partial charge >= 0.3 is 0 Å². The van der Waals surface area contributed by atoms with Crippen LogP contribution in [-0.4, -0.2) is 42.5 Å². The van der Waals surface area contributed by atoms with Crippen molar-refractivity contribution >= 4 is 0 Å². The van der Waals surface area contributed by atoms with Crippen molar-refractivity contribution in [3.8, 4) is 0 Å². The third kappa shape index (κ3) is 1.30. The number of rotatable bonds is 2. The van der Waals surface area contributed by atoms with Crippen LogP contribution in [0.5, 0.6) is 0 Å². The van der Waals surface area contributed by atoms with Crippen LogP contribution in [0.1, 0.15) is 32.1 Å². The van der Waals surface area contributed by atoms with Crippen LogP contribution in [0.4, 0.5) is 0 Å². The fourth-order valence-corrected chi connectivity index (χ4v) is 4.01. The quantitative estimate of drug-likeness (QED) is 0.620. The predicted molar refractivity (Wildman–Crippen MR) is 61.1 cm³/mol. The summed E-state index contributed by atoms with van der Waals surface area (Å²) in [6.07, 6.45) is 5.61. The van der Waals surface area contributed by atoms with Gasteiger partial charge in [-0.1, -0.05) is 0 Å². The van der Waals surface area contributed by atoms with Crippen molar-refractivity contribution in [2.75, 3.05) is 19.6 Å². The van der Waals surface area contributed by atoms with Crippen LogP contribution in [0, 0.1) is 5.41 Å². The molecule has 16 heavy (non-hydrogen) atoms. The molecule has 3 saturated heterocycles. The molecule has 4 heteroatoms. The molecule has 0 aromatic rings. The molecule has 4 atom stereocenters. The van der Waals surface area contributed by atoms with Crippen LogP contribution in [0.25, 0.3) is 0 Å². The summed E-state index contributed by atoms with van der Waals surface area (Å²) in [5, 5.41) is 14.2. The van der Waals surface area contributed by atoms with Crippen LogP contribution < -0.4 is 11.1 Å². The number of piperidine rings is 1. The van der Waals surface area contributed by atoms with Crippen LogP contribution >= 0.6 is 0 Å². The van der Waals surface area contributed by atoms with E-state index in [0.717, 1.165) is 38.6 Å². The summed E-state index contributed by atoms with van der Waals surface area (Å²) in [6, 6.07) is 0. The van der Waals surface area contributed by atoms with Crippen LogP contribution in [0.3, 0.4) is 0 Å². The van der Waals surface area contributed by atoms with Crippen molar-refractivity contribution < 1.29 is 9.84 Å². The van der Waals surface area contributed by atoms with Gasteiger partial charge < -0.3 is 20.9 Å². The normalized spacial score (nSPS) is 52.1. The minimum absolute atomic E-state index is 0.187. The molecular formula is C12H22N2O2. The highest BCUT2D eigenvalue weighted by Crippen LogP contribution is 2.54. The Hall–Kier alpha value is -0.160. The highest BCUT2D eigenvalue weighted by atomic mass is 16.5. The zero-order valence-electron chi connectivity index (χ0n) is 9.74. The molecule has 3 fully saturated rings. The Kier molecular flexibility index (Phi) is 2.51. The van der Waals surface area contributed by atoms with E-state index in [2.05, 4.69) is 5.32 Å². The molecule has 0 aromatic carbocycles. The average molecular weight is 226 g/mol. The first kappa shape index (κ1) is 11.0. The maximum Gasteiger partial charge on any atom is 0.0865 e. The number of nitrogens with one attached hydrogen (secondary N) is 1. The van der Waals surface area contributed by atoms with Gasteiger partial charge in [0, 0.05) is 18.5 Å². The Morgan fingerprint density at radius 1 is 1.44 bits per heavy atom. The van der Waals surface area contributed by atoms with E-state index in [9.17, 15) is 5.11 Å². The molecule has 4 nitrogen and oxygen atoms in total. The molecule has 3 rings (SSSR count). The summed E-state index contributed by atoms with van der Waals surface area (Å²) < 4.78 is 5.93. The van der Waals surface area contributed by atoms with Crippen molar-refractivity contribution in [3.05, 3.63) is 0 Å². The lowest BCUT2D eigenvalue weighted by atomic mass is 9.61. The molecular weight excluding hydrogens is 204 g/mol. The van der Waals surface area contributed by atoms with Gasteiger partial charge in [0.15, 0.2) is 0 Å². The number of hydrogen-bond acceptors (Lipinski definition) is 4. The molecule has 0 spiro atoms. The summed E-state index contributed by atoms with van der Waals surface area (Å²) >= 11 is 0. The Morgan fingerprint density at radius 2 is 2.31 bits per heavy atom. The van der Waals surface area contributed by atoms with E-state index in [0.29, 0.717) is 19.2 Å². The molecule has 0 aromatic heterocycles. The standard InChI is InChI=1S/C12H22N2O2/c13-7-11(6-9-2-3-10(11)16-9)12(15)4-1-5-14-8-12/h9-10,14-15H,1-8,13H2. The topological polar surface area (TPSA) is 67.5 Å². The lowest BCUT2D eigenvalue weighted by Gasteiger charge is -2.50. The molecule has 0 aliphatic carbocycles. The molecule has 92 valence electrons. The monoisotopic (exact) mass is 226 g/mol. The van der Waals surface area contributed by atoms with E-state index in [1.165, 1.54) is 0 Å². The highest BCUT2D eigenvalue weighted by Gasteiger charge is 2.61. The summed E-state index contributed by atoms with van der Waals surface area (Å²) in [5.41, 5.74) is 5.16. The first-order valence-corrected chi connectivity index (χ1v) is 6.49. The first-order chi connectivity index (χ1) is 7.70. The lowest BCUT2D eigenvalue weighted by molar-refractivity contribution is -0.122. The number of fused-ring (bicyclic) bond motifs is 2. The number of hydrogen-bond donors (Lipinski definition) is 3. The predicted octanol–water partition coefficient (Wildman–Crippen LogP) is -0.00270. The number of aliphatic hydroxyl groups is 1. The van der Waals surface area contributed by atoms with Gasteiger partial charge in [0.25, 0.3) is 0 Å². The van der Waals surface area contributed by atoms with Gasteiger partial charge in [-0.15, -0.1) is 0 Å². The second-order valence-corrected chi connectivity index (χ2v) is 5.70. The van der Waals surface area contributed by atoms with Crippen molar-refractivity contribution in [2.45, 2.75) is 49.9 Å². The number of β-amino-alcohol motifs (C(OH)–C–C–N with tert-alkyl or cyclic N) is 1. The maximum absolute atomic E-state index is 10.9. The smallest absolute Gasteiger partial charge is 0.0865 e. The first-order valence-electron chi connectivity index (χ1n) is 6.49. The Labute approximate surface area is 96.5 Å². The van der Waals surface area contributed by atoms with Gasteiger partial charge in [0.05, 0.1) is 17.8 Å². The van der Waals surface area contributed by atoms with Gasteiger partial charge in [-0.25, -0.2) is 0 Å². The van der Waals surface area contributed by atoms with Crippen molar-refractivity contribution in [2.24, 2.45) is 11.1 Å². The van der Waals surface area contributed by atoms with Crippen molar-refractivity contribution in [3.63, 3.8) is 0 Å². The fraction of sp³-hybridized carbons (Fsp3) is 1.00. The minimum atomic E-state index is -0.653. The lowest BCUT2D eigenvalue weighted by Crippen LogP contribution is -2.63.